The lowest BCUT2D eigenvalue weighted by Gasteiger charge is -2.18. The van der Waals surface area contributed by atoms with E-state index in [0.29, 0.717) is 12.8 Å². The third-order valence-corrected chi connectivity index (χ3v) is 3.12. The fourth-order valence-electron chi connectivity index (χ4n) is 2.00. The SMILES string of the molecule is CCCCC(C(=O)OC)c1cc(C(F)(F)F)ccc1N. The number of anilines is 1. The van der Waals surface area contributed by atoms with Gasteiger partial charge in [0.1, 0.15) is 0 Å². The summed E-state index contributed by atoms with van der Waals surface area (Å²) in [7, 11) is 1.21. The lowest BCUT2D eigenvalue weighted by atomic mass is 9.91. The van der Waals surface area contributed by atoms with Gasteiger partial charge in [0.05, 0.1) is 18.6 Å². The molecule has 20 heavy (non-hydrogen) atoms. The van der Waals surface area contributed by atoms with Crippen molar-refractivity contribution in [1.82, 2.24) is 0 Å². The molecular formula is C14H18F3NO2. The van der Waals surface area contributed by atoms with Crippen LogP contribution in [-0.4, -0.2) is 13.1 Å². The van der Waals surface area contributed by atoms with Crippen molar-refractivity contribution < 1.29 is 22.7 Å². The van der Waals surface area contributed by atoms with E-state index in [0.717, 1.165) is 18.6 Å². The van der Waals surface area contributed by atoms with Gasteiger partial charge in [-0.05, 0) is 30.2 Å². The number of unbranched alkanes of at least 4 members (excludes halogenated alkanes) is 1. The van der Waals surface area contributed by atoms with Crippen molar-refractivity contribution in [1.29, 1.82) is 0 Å². The zero-order chi connectivity index (χ0) is 15.3. The molecule has 0 amide bonds. The van der Waals surface area contributed by atoms with Gasteiger partial charge in [-0.3, -0.25) is 4.79 Å². The molecule has 0 fully saturated rings. The molecular weight excluding hydrogens is 271 g/mol. The van der Waals surface area contributed by atoms with E-state index in [-0.39, 0.29) is 11.3 Å². The average Bonchev–Trinajstić information content (AvgIpc) is 2.39. The number of halogens is 3. The van der Waals surface area contributed by atoms with E-state index in [1.165, 1.54) is 13.2 Å². The molecule has 1 aromatic rings. The predicted octanol–water partition coefficient (Wildman–Crippen LogP) is 3.73. The van der Waals surface area contributed by atoms with Gasteiger partial charge in [-0.2, -0.15) is 13.2 Å². The highest BCUT2D eigenvalue weighted by Gasteiger charge is 2.32. The van der Waals surface area contributed by atoms with Crippen LogP contribution in [0.15, 0.2) is 18.2 Å². The van der Waals surface area contributed by atoms with Gasteiger partial charge in [0, 0.05) is 5.69 Å². The van der Waals surface area contributed by atoms with Crippen molar-refractivity contribution in [3.05, 3.63) is 29.3 Å². The number of alkyl halides is 3. The molecule has 0 aliphatic rings. The first-order chi connectivity index (χ1) is 9.31. The summed E-state index contributed by atoms with van der Waals surface area (Å²) in [6.45, 7) is 1.93. The molecule has 1 unspecified atom stereocenters. The molecule has 0 spiro atoms. The number of hydrogen-bond acceptors (Lipinski definition) is 3. The van der Waals surface area contributed by atoms with Crippen LogP contribution in [0.5, 0.6) is 0 Å². The summed E-state index contributed by atoms with van der Waals surface area (Å²) in [5.41, 5.74) is 5.26. The van der Waals surface area contributed by atoms with Gasteiger partial charge >= 0.3 is 12.1 Å². The van der Waals surface area contributed by atoms with E-state index in [9.17, 15) is 18.0 Å². The molecule has 1 aromatic carbocycles. The highest BCUT2D eigenvalue weighted by atomic mass is 19.4. The Morgan fingerprint density at radius 3 is 2.55 bits per heavy atom. The second-order valence-electron chi connectivity index (χ2n) is 4.56. The van der Waals surface area contributed by atoms with E-state index >= 15 is 0 Å². The van der Waals surface area contributed by atoms with Gasteiger partial charge in [-0.15, -0.1) is 0 Å². The number of nitrogen functional groups attached to an aromatic ring is 1. The van der Waals surface area contributed by atoms with Crippen LogP contribution in [0.4, 0.5) is 18.9 Å². The van der Waals surface area contributed by atoms with E-state index in [1.54, 1.807) is 0 Å². The number of methoxy groups -OCH3 is 1. The lowest BCUT2D eigenvalue weighted by molar-refractivity contribution is -0.143. The Kier molecular flexibility index (Phi) is 5.42. The van der Waals surface area contributed by atoms with E-state index in [4.69, 9.17) is 5.73 Å². The van der Waals surface area contributed by atoms with Crippen LogP contribution in [0.3, 0.4) is 0 Å². The minimum atomic E-state index is -4.46. The predicted molar refractivity (Wildman–Crippen MR) is 70.1 cm³/mol. The van der Waals surface area contributed by atoms with Crippen LogP contribution in [0.1, 0.15) is 43.2 Å². The van der Waals surface area contributed by atoms with Gasteiger partial charge in [0.2, 0.25) is 0 Å². The van der Waals surface area contributed by atoms with Crippen LogP contribution >= 0.6 is 0 Å². The molecule has 0 heterocycles. The Morgan fingerprint density at radius 2 is 2.05 bits per heavy atom. The van der Waals surface area contributed by atoms with E-state index in [1.807, 2.05) is 6.92 Å². The van der Waals surface area contributed by atoms with Crippen LogP contribution < -0.4 is 5.73 Å². The molecule has 3 nitrogen and oxygen atoms in total. The van der Waals surface area contributed by atoms with Gasteiger partial charge in [0.15, 0.2) is 0 Å². The molecule has 0 aromatic heterocycles. The third-order valence-electron chi connectivity index (χ3n) is 3.12. The molecule has 0 bridgehead atoms. The van der Waals surface area contributed by atoms with E-state index in [2.05, 4.69) is 4.74 Å². The number of carbonyl (C=O) groups is 1. The monoisotopic (exact) mass is 289 g/mol. The standard InChI is InChI=1S/C14H18F3NO2/c1-3-4-5-10(13(19)20-2)11-8-9(14(15,16)17)6-7-12(11)18/h6-8,10H,3-5,18H2,1-2H3. The molecule has 0 saturated heterocycles. The molecule has 0 aliphatic carbocycles. The molecule has 0 aliphatic heterocycles. The summed E-state index contributed by atoms with van der Waals surface area (Å²) in [5.74, 6) is -1.33. The summed E-state index contributed by atoms with van der Waals surface area (Å²) >= 11 is 0. The normalized spacial score (nSPS) is 13.1. The summed E-state index contributed by atoms with van der Waals surface area (Å²) < 4.78 is 42.9. The Balaban J connectivity index is 3.21. The molecule has 6 heteroatoms. The van der Waals surface area contributed by atoms with Crippen molar-refractivity contribution in [2.45, 2.75) is 38.3 Å². The Hall–Kier alpha value is -1.72. The first kappa shape index (κ1) is 16.3. The van der Waals surface area contributed by atoms with E-state index < -0.39 is 23.6 Å². The van der Waals surface area contributed by atoms with Gasteiger partial charge in [0.25, 0.3) is 0 Å². The second-order valence-corrected chi connectivity index (χ2v) is 4.56. The number of carbonyl (C=O) groups excluding carboxylic acids is 1. The number of esters is 1. The van der Waals surface area contributed by atoms with Crippen LogP contribution in [0, 0.1) is 0 Å². The first-order valence-corrected chi connectivity index (χ1v) is 6.35. The summed E-state index contributed by atoms with van der Waals surface area (Å²) in [6.07, 6.45) is -2.52. The third kappa shape index (κ3) is 3.88. The Morgan fingerprint density at radius 1 is 1.40 bits per heavy atom. The summed E-state index contributed by atoms with van der Waals surface area (Å²) in [4.78, 5) is 11.8. The zero-order valence-electron chi connectivity index (χ0n) is 11.5. The summed E-state index contributed by atoms with van der Waals surface area (Å²) in [6, 6.07) is 3.03. The first-order valence-electron chi connectivity index (χ1n) is 6.35. The van der Waals surface area contributed by atoms with Gasteiger partial charge in [-0.1, -0.05) is 19.8 Å². The topological polar surface area (TPSA) is 52.3 Å². The maximum absolute atomic E-state index is 12.7. The minimum absolute atomic E-state index is 0.171. The van der Waals surface area contributed by atoms with Crippen molar-refractivity contribution in [2.24, 2.45) is 0 Å². The van der Waals surface area contributed by atoms with Crippen molar-refractivity contribution in [2.75, 3.05) is 12.8 Å². The summed E-state index contributed by atoms with van der Waals surface area (Å²) in [5, 5.41) is 0. The fraction of sp³-hybridized carbons (Fsp3) is 0.500. The maximum atomic E-state index is 12.7. The van der Waals surface area contributed by atoms with Gasteiger partial charge in [-0.25, -0.2) is 0 Å². The van der Waals surface area contributed by atoms with Crippen LogP contribution in [-0.2, 0) is 15.7 Å². The maximum Gasteiger partial charge on any atom is 0.416 e. The number of nitrogens with two attached hydrogens (primary N) is 1. The fourth-order valence-corrected chi connectivity index (χ4v) is 2.00. The zero-order valence-corrected chi connectivity index (χ0v) is 11.5. The Bertz CT molecular complexity index is 472. The molecule has 1 rings (SSSR count). The number of ether oxygens (including phenoxy) is 1. The van der Waals surface area contributed by atoms with Gasteiger partial charge < -0.3 is 10.5 Å². The van der Waals surface area contributed by atoms with Crippen LogP contribution in [0.25, 0.3) is 0 Å². The molecule has 1 atom stereocenters. The quantitative estimate of drug-likeness (QED) is 0.663. The molecule has 0 radical (unpaired) electrons. The molecule has 2 N–H and O–H groups in total. The van der Waals surface area contributed by atoms with Crippen molar-refractivity contribution in [3.63, 3.8) is 0 Å². The average molecular weight is 289 g/mol. The van der Waals surface area contributed by atoms with Crippen LogP contribution in [0.2, 0.25) is 0 Å². The van der Waals surface area contributed by atoms with Crippen molar-refractivity contribution >= 4 is 11.7 Å². The number of benzene rings is 1. The minimum Gasteiger partial charge on any atom is -0.469 e. The molecule has 0 saturated carbocycles. The van der Waals surface area contributed by atoms with Crippen molar-refractivity contribution in [3.8, 4) is 0 Å². The Labute approximate surface area is 115 Å². The smallest absolute Gasteiger partial charge is 0.416 e. The largest absolute Gasteiger partial charge is 0.469 e. The lowest BCUT2D eigenvalue weighted by Crippen LogP contribution is -2.17. The second kappa shape index (κ2) is 6.63. The molecule has 112 valence electrons. The highest BCUT2D eigenvalue weighted by molar-refractivity contribution is 5.80. The number of hydrogen-bond donors (Lipinski definition) is 1. The highest BCUT2D eigenvalue weighted by Crippen LogP contribution is 2.35. The number of rotatable bonds is 5.